The molecule has 0 bridgehead atoms. The van der Waals surface area contributed by atoms with Gasteiger partial charge in [-0.25, -0.2) is 17.5 Å². The maximum absolute atomic E-state index is 13.9. The fourth-order valence-electron chi connectivity index (χ4n) is 1.68. The van der Waals surface area contributed by atoms with Gasteiger partial charge >= 0.3 is 0 Å². The number of aliphatic hydroxyl groups excluding tert-OH is 1. The lowest BCUT2D eigenvalue weighted by atomic mass is 10.2. The van der Waals surface area contributed by atoms with Crippen LogP contribution in [0.4, 0.5) is 4.39 Å². The minimum atomic E-state index is -4.02. The number of hydrogen-bond donors (Lipinski definition) is 2. The van der Waals surface area contributed by atoms with E-state index < -0.39 is 26.8 Å². The van der Waals surface area contributed by atoms with E-state index in [-0.39, 0.29) is 24.5 Å². The van der Waals surface area contributed by atoms with Crippen molar-refractivity contribution in [2.24, 2.45) is 0 Å². The monoisotopic (exact) mass is 321 g/mol. The van der Waals surface area contributed by atoms with Crippen LogP contribution < -0.4 is 14.2 Å². The number of nitrogens with one attached hydrogen (secondary N) is 1. The van der Waals surface area contributed by atoms with Crippen LogP contribution in [0.15, 0.2) is 17.0 Å². The van der Waals surface area contributed by atoms with Gasteiger partial charge < -0.3 is 14.6 Å². The first-order valence-electron chi connectivity index (χ1n) is 6.45. The average molecular weight is 321 g/mol. The smallest absolute Gasteiger partial charge is 0.243 e. The van der Waals surface area contributed by atoms with Crippen molar-refractivity contribution in [2.75, 3.05) is 20.8 Å². The minimum absolute atomic E-state index is 0.0190. The lowest BCUT2D eigenvalue weighted by molar-refractivity contribution is 0.162. The summed E-state index contributed by atoms with van der Waals surface area (Å²) in [5.74, 6) is -0.709. The van der Waals surface area contributed by atoms with E-state index in [1.165, 1.54) is 14.2 Å². The van der Waals surface area contributed by atoms with Gasteiger partial charge in [0.15, 0.2) is 11.5 Å². The largest absolute Gasteiger partial charge is 0.493 e. The van der Waals surface area contributed by atoms with Crippen LogP contribution in [0.5, 0.6) is 11.5 Å². The molecule has 0 heterocycles. The van der Waals surface area contributed by atoms with E-state index in [0.29, 0.717) is 6.42 Å². The Morgan fingerprint density at radius 1 is 1.29 bits per heavy atom. The lowest BCUT2D eigenvalue weighted by Gasteiger charge is -2.13. The van der Waals surface area contributed by atoms with Crippen LogP contribution in [-0.2, 0) is 10.0 Å². The summed E-state index contributed by atoms with van der Waals surface area (Å²) in [6.45, 7) is 1.80. The van der Waals surface area contributed by atoms with Crippen molar-refractivity contribution in [1.82, 2.24) is 4.72 Å². The Labute approximate surface area is 123 Å². The molecule has 2 N–H and O–H groups in total. The molecule has 8 heteroatoms. The number of benzene rings is 1. The Morgan fingerprint density at radius 2 is 1.86 bits per heavy atom. The minimum Gasteiger partial charge on any atom is -0.493 e. The zero-order chi connectivity index (χ0) is 16.0. The van der Waals surface area contributed by atoms with Gasteiger partial charge in [0.2, 0.25) is 10.0 Å². The van der Waals surface area contributed by atoms with E-state index >= 15 is 0 Å². The van der Waals surface area contributed by atoms with Crippen molar-refractivity contribution < 1.29 is 27.4 Å². The molecule has 1 aromatic carbocycles. The Morgan fingerprint density at radius 3 is 2.38 bits per heavy atom. The highest BCUT2D eigenvalue weighted by Crippen LogP contribution is 2.31. The third kappa shape index (κ3) is 4.55. The molecule has 120 valence electrons. The van der Waals surface area contributed by atoms with E-state index in [2.05, 4.69) is 4.72 Å². The number of rotatable bonds is 8. The summed E-state index contributed by atoms with van der Waals surface area (Å²) < 4.78 is 50.1. The summed E-state index contributed by atoms with van der Waals surface area (Å²) in [6, 6.07) is 2.01. The van der Waals surface area contributed by atoms with Crippen LogP contribution in [0, 0.1) is 5.82 Å². The molecule has 0 fully saturated rings. The molecule has 1 rings (SSSR count). The van der Waals surface area contributed by atoms with Gasteiger partial charge in [-0.2, -0.15) is 0 Å². The van der Waals surface area contributed by atoms with Gasteiger partial charge in [0, 0.05) is 18.7 Å². The van der Waals surface area contributed by atoms with E-state index in [4.69, 9.17) is 9.47 Å². The third-order valence-corrected chi connectivity index (χ3v) is 4.44. The summed E-state index contributed by atoms with van der Waals surface area (Å²) >= 11 is 0. The fraction of sp³-hybridized carbons (Fsp3) is 0.538. The Bertz CT molecular complexity index is 576. The maximum atomic E-state index is 13.9. The van der Waals surface area contributed by atoms with E-state index in [0.717, 1.165) is 12.1 Å². The zero-order valence-electron chi connectivity index (χ0n) is 12.2. The Balaban J connectivity index is 2.97. The predicted octanol–water partition coefficient (Wildman–Crippen LogP) is 1.28. The number of aliphatic hydroxyl groups is 1. The Kier molecular flexibility index (Phi) is 6.38. The van der Waals surface area contributed by atoms with Crippen LogP contribution in [0.3, 0.4) is 0 Å². The average Bonchev–Trinajstić information content (AvgIpc) is 2.46. The molecular weight excluding hydrogens is 301 g/mol. The van der Waals surface area contributed by atoms with E-state index in [9.17, 15) is 17.9 Å². The lowest BCUT2D eigenvalue weighted by Crippen LogP contribution is -2.28. The second-order valence-electron chi connectivity index (χ2n) is 4.39. The number of methoxy groups -OCH3 is 2. The van der Waals surface area contributed by atoms with Crippen molar-refractivity contribution in [1.29, 1.82) is 0 Å². The van der Waals surface area contributed by atoms with Gasteiger partial charge in [0.25, 0.3) is 0 Å². The molecule has 0 spiro atoms. The van der Waals surface area contributed by atoms with Gasteiger partial charge in [-0.15, -0.1) is 0 Å². The van der Waals surface area contributed by atoms with Crippen molar-refractivity contribution >= 4 is 10.0 Å². The highest BCUT2D eigenvalue weighted by atomic mass is 32.2. The fourth-order valence-corrected chi connectivity index (χ4v) is 2.80. The van der Waals surface area contributed by atoms with Gasteiger partial charge in [-0.05, 0) is 12.8 Å². The number of ether oxygens (including phenoxy) is 2. The zero-order valence-corrected chi connectivity index (χ0v) is 13.0. The van der Waals surface area contributed by atoms with Gasteiger partial charge in [-0.3, -0.25) is 0 Å². The maximum Gasteiger partial charge on any atom is 0.243 e. The van der Waals surface area contributed by atoms with E-state index in [1.807, 2.05) is 0 Å². The quantitative estimate of drug-likeness (QED) is 0.753. The SMILES string of the molecule is CCC(O)CCNS(=O)(=O)c1cc(OC)c(OC)cc1F. The highest BCUT2D eigenvalue weighted by molar-refractivity contribution is 7.89. The molecule has 0 saturated heterocycles. The second-order valence-corrected chi connectivity index (χ2v) is 6.12. The van der Waals surface area contributed by atoms with Gasteiger partial charge in [0.05, 0.1) is 20.3 Å². The summed E-state index contributed by atoms with van der Waals surface area (Å²) in [4.78, 5) is -0.522. The van der Waals surface area contributed by atoms with Crippen molar-refractivity contribution in [2.45, 2.75) is 30.8 Å². The molecule has 1 unspecified atom stereocenters. The number of sulfonamides is 1. The summed E-state index contributed by atoms with van der Waals surface area (Å²) in [6.07, 6.45) is 0.180. The molecule has 0 aliphatic carbocycles. The van der Waals surface area contributed by atoms with Crippen LogP contribution in [0.1, 0.15) is 19.8 Å². The van der Waals surface area contributed by atoms with Crippen molar-refractivity contribution in [3.63, 3.8) is 0 Å². The molecule has 6 nitrogen and oxygen atoms in total. The molecule has 0 aliphatic heterocycles. The molecule has 1 atom stereocenters. The van der Waals surface area contributed by atoms with Crippen LogP contribution in [0.25, 0.3) is 0 Å². The number of hydrogen-bond acceptors (Lipinski definition) is 5. The van der Waals surface area contributed by atoms with Crippen LogP contribution >= 0.6 is 0 Å². The highest BCUT2D eigenvalue weighted by Gasteiger charge is 2.22. The summed E-state index contributed by atoms with van der Waals surface area (Å²) in [5, 5.41) is 9.38. The van der Waals surface area contributed by atoms with Gasteiger partial charge in [0.1, 0.15) is 10.7 Å². The molecule has 0 radical (unpaired) electrons. The molecular formula is C13H20FNO5S. The normalized spacial score (nSPS) is 13.0. The molecule has 0 aliphatic rings. The second kappa shape index (κ2) is 7.58. The van der Waals surface area contributed by atoms with Crippen molar-refractivity contribution in [3.8, 4) is 11.5 Å². The topological polar surface area (TPSA) is 84.9 Å². The molecule has 1 aromatic rings. The molecule has 0 aromatic heterocycles. The van der Waals surface area contributed by atoms with Crippen molar-refractivity contribution in [3.05, 3.63) is 17.9 Å². The van der Waals surface area contributed by atoms with Gasteiger partial charge in [-0.1, -0.05) is 6.92 Å². The first kappa shape index (κ1) is 17.7. The molecule has 0 saturated carbocycles. The third-order valence-electron chi connectivity index (χ3n) is 2.97. The Hall–Kier alpha value is -1.38. The number of halogens is 1. The summed E-state index contributed by atoms with van der Waals surface area (Å²) in [7, 11) is -1.36. The van der Waals surface area contributed by atoms with Crippen LogP contribution in [0.2, 0.25) is 0 Å². The summed E-state index contributed by atoms with van der Waals surface area (Å²) in [5.41, 5.74) is 0. The first-order chi connectivity index (χ1) is 9.85. The van der Waals surface area contributed by atoms with Crippen LogP contribution in [-0.4, -0.2) is 40.4 Å². The molecule has 21 heavy (non-hydrogen) atoms. The predicted molar refractivity (Wildman–Crippen MR) is 75.6 cm³/mol. The standard InChI is InChI=1S/C13H20FNO5S/c1-4-9(16)5-6-15-21(17,18)13-8-12(20-3)11(19-2)7-10(13)14/h7-9,15-16H,4-6H2,1-3H3. The first-order valence-corrected chi connectivity index (χ1v) is 7.93. The van der Waals surface area contributed by atoms with E-state index in [1.54, 1.807) is 6.92 Å². The molecule has 0 amide bonds.